The number of rotatable bonds is 4. The number of hydrogen-bond donors (Lipinski definition) is 1. The lowest BCUT2D eigenvalue weighted by Gasteiger charge is -2.10. The van der Waals surface area contributed by atoms with Crippen LogP contribution in [0.5, 0.6) is 0 Å². The van der Waals surface area contributed by atoms with Crippen LogP contribution in [0.4, 0.5) is 5.82 Å². The molecule has 0 spiro atoms. The van der Waals surface area contributed by atoms with Crippen LogP contribution in [-0.4, -0.2) is 15.0 Å². The van der Waals surface area contributed by atoms with Crippen molar-refractivity contribution in [3.05, 3.63) is 72.2 Å². The van der Waals surface area contributed by atoms with Gasteiger partial charge in [0.1, 0.15) is 5.82 Å². The summed E-state index contributed by atoms with van der Waals surface area (Å²) in [6.45, 7) is 2.69. The van der Waals surface area contributed by atoms with Crippen molar-refractivity contribution in [3.8, 4) is 11.4 Å². The Morgan fingerprint density at radius 1 is 1.00 bits per heavy atom. The summed E-state index contributed by atoms with van der Waals surface area (Å²) in [6, 6.07) is 13.9. The summed E-state index contributed by atoms with van der Waals surface area (Å²) in [7, 11) is 0. The number of pyridine rings is 1. The fourth-order valence-electron chi connectivity index (χ4n) is 2.04. The summed E-state index contributed by atoms with van der Waals surface area (Å²) in [4.78, 5) is 13.1. The van der Waals surface area contributed by atoms with Crippen molar-refractivity contribution in [3.63, 3.8) is 0 Å². The van der Waals surface area contributed by atoms with Crippen LogP contribution in [0.3, 0.4) is 0 Å². The van der Waals surface area contributed by atoms with E-state index in [0.717, 1.165) is 28.3 Å². The number of anilines is 1. The second kappa shape index (κ2) is 6.13. The molecule has 4 nitrogen and oxygen atoms in total. The van der Waals surface area contributed by atoms with Crippen LogP contribution in [-0.2, 0) is 6.54 Å². The minimum absolute atomic E-state index is 0.694. The molecule has 0 saturated heterocycles. The largest absolute Gasteiger partial charge is 0.366 e. The Labute approximate surface area is 123 Å². The average Bonchev–Trinajstić information content (AvgIpc) is 2.56. The van der Waals surface area contributed by atoms with Gasteiger partial charge >= 0.3 is 0 Å². The van der Waals surface area contributed by atoms with E-state index in [1.54, 1.807) is 6.20 Å². The molecule has 4 heteroatoms. The molecule has 3 rings (SSSR count). The van der Waals surface area contributed by atoms with Crippen LogP contribution in [0, 0.1) is 6.92 Å². The summed E-state index contributed by atoms with van der Waals surface area (Å²) >= 11 is 0. The van der Waals surface area contributed by atoms with E-state index < -0.39 is 0 Å². The fourth-order valence-corrected chi connectivity index (χ4v) is 2.04. The van der Waals surface area contributed by atoms with Gasteiger partial charge in [0.25, 0.3) is 0 Å². The van der Waals surface area contributed by atoms with Gasteiger partial charge in [-0.15, -0.1) is 0 Å². The first kappa shape index (κ1) is 13.2. The maximum atomic E-state index is 4.61. The van der Waals surface area contributed by atoms with E-state index in [4.69, 9.17) is 0 Å². The van der Waals surface area contributed by atoms with E-state index in [1.807, 2.05) is 61.8 Å². The molecule has 2 heterocycles. The van der Waals surface area contributed by atoms with Crippen LogP contribution >= 0.6 is 0 Å². The molecular formula is C17H16N4. The number of hydrogen-bond acceptors (Lipinski definition) is 4. The molecule has 104 valence electrons. The van der Waals surface area contributed by atoms with E-state index in [2.05, 4.69) is 20.3 Å². The van der Waals surface area contributed by atoms with Crippen LogP contribution < -0.4 is 5.32 Å². The van der Waals surface area contributed by atoms with Gasteiger partial charge in [-0.05, 0) is 18.6 Å². The molecule has 1 aromatic carbocycles. The first-order chi connectivity index (χ1) is 10.3. The molecule has 3 aromatic rings. The van der Waals surface area contributed by atoms with Crippen molar-refractivity contribution >= 4 is 5.82 Å². The Hall–Kier alpha value is -2.75. The zero-order valence-corrected chi connectivity index (χ0v) is 11.8. The Bertz CT molecular complexity index is 711. The van der Waals surface area contributed by atoms with Gasteiger partial charge in [-0.1, -0.05) is 36.4 Å². The highest BCUT2D eigenvalue weighted by atomic mass is 15.0. The predicted molar refractivity (Wildman–Crippen MR) is 83.8 cm³/mol. The quantitative estimate of drug-likeness (QED) is 0.793. The van der Waals surface area contributed by atoms with Gasteiger partial charge in [0.05, 0.1) is 0 Å². The second-order valence-electron chi connectivity index (χ2n) is 4.81. The number of benzene rings is 1. The smallest absolute Gasteiger partial charge is 0.161 e. The first-order valence-electron chi connectivity index (χ1n) is 6.85. The fraction of sp³-hybridized carbons (Fsp3) is 0.118. The highest BCUT2D eigenvalue weighted by molar-refractivity contribution is 5.58. The number of aryl methyl sites for hydroxylation is 1. The van der Waals surface area contributed by atoms with Gasteiger partial charge in [-0.2, -0.15) is 0 Å². The normalized spacial score (nSPS) is 10.3. The molecule has 0 atom stereocenters. The van der Waals surface area contributed by atoms with Crippen LogP contribution in [0.1, 0.15) is 11.1 Å². The molecule has 0 fully saturated rings. The van der Waals surface area contributed by atoms with E-state index in [-0.39, 0.29) is 0 Å². The minimum atomic E-state index is 0.694. The predicted octanol–water partition coefficient (Wildman–Crippen LogP) is 3.46. The number of nitrogens with one attached hydrogen (secondary N) is 1. The van der Waals surface area contributed by atoms with Crippen LogP contribution in [0.15, 0.2) is 61.1 Å². The van der Waals surface area contributed by atoms with Gasteiger partial charge in [0.15, 0.2) is 5.82 Å². The molecule has 0 unspecified atom stereocenters. The van der Waals surface area contributed by atoms with Gasteiger partial charge < -0.3 is 5.32 Å². The lowest BCUT2D eigenvalue weighted by Crippen LogP contribution is -2.05. The molecule has 0 bridgehead atoms. The Morgan fingerprint density at radius 3 is 2.62 bits per heavy atom. The summed E-state index contributed by atoms with van der Waals surface area (Å²) in [5.41, 5.74) is 3.16. The lowest BCUT2D eigenvalue weighted by molar-refractivity contribution is 1.05. The van der Waals surface area contributed by atoms with Gasteiger partial charge in [0, 0.05) is 36.3 Å². The van der Waals surface area contributed by atoms with Gasteiger partial charge in [0.2, 0.25) is 0 Å². The topological polar surface area (TPSA) is 50.7 Å². The Kier molecular flexibility index (Phi) is 3.87. The third-order valence-corrected chi connectivity index (χ3v) is 3.19. The van der Waals surface area contributed by atoms with Crippen molar-refractivity contribution in [2.24, 2.45) is 0 Å². The molecule has 2 aromatic heterocycles. The summed E-state index contributed by atoms with van der Waals surface area (Å²) in [5, 5.41) is 3.35. The third kappa shape index (κ3) is 3.23. The third-order valence-electron chi connectivity index (χ3n) is 3.19. The van der Waals surface area contributed by atoms with Crippen molar-refractivity contribution in [1.82, 2.24) is 15.0 Å². The van der Waals surface area contributed by atoms with E-state index in [0.29, 0.717) is 6.54 Å². The van der Waals surface area contributed by atoms with Crippen molar-refractivity contribution in [2.75, 3.05) is 5.32 Å². The Morgan fingerprint density at radius 2 is 1.86 bits per heavy atom. The van der Waals surface area contributed by atoms with Crippen LogP contribution in [0.25, 0.3) is 11.4 Å². The molecule has 0 aliphatic heterocycles. The van der Waals surface area contributed by atoms with Crippen molar-refractivity contribution in [1.29, 1.82) is 0 Å². The monoisotopic (exact) mass is 276 g/mol. The van der Waals surface area contributed by atoms with Crippen LogP contribution in [0.2, 0.25) is 0 Å². The average molecular weight is 276 g/mol. The molecule has 1 N–H and O–H groups in total. The number of aromatic nitrogens is 3. The maximum absolute atomic E-state index is 4.61. The molecule has 21 heavy (non-hydrogen) atoms. The molecule has 0 saturated carbocycles. The van der Waals surface area contributed by atoms with E-state index in [1.165, 1.54) is 0 Å². The van der Waals surface area contributed by atoms with Gasteiger partial charge in [-0.3, -0.25) is 4.98 Å². The number of nitrogens with zero attached hydrogens (tertiary/aromatic N) is 3. The van der Waals surface area contributed by atoms with Crippen molar-refractivity contribution < 1.29 is 0 Å². The first-order valence-corrected chi connectivity index (χ1v) is 6.85. The highest BCUT2D eigenvalue weighted by Crippen LogP contribution is 2.18. The zero-order valence-electron chi connectivity index (χ0n) is 11.8. The molecule has 0 radical (unpaired) electrons. The van der Waals surface area contributed by atoms with E-state index in [9.17, 15) is 0 Å². The van der Waals surface area contributed by atoms with Crippen molar-refractivity contribution in [2.45, 2.75) is 13.5 Å². The molecule has 0 aliphatic carbocycles. The Balaban J connectivity index is 1.82. The standard InChI is InChI=1S/C17H16N4/c1-13-10-19-17(15-7-3-2-4-8-15)21-16(13)20-12-14-6-5-9-18-11-14/h2-11H,12H2,1H3,(H,19,20,21). The minimum Gasteiger partial charge on any atom is -0.366 e. The zero-order chi connectivity index (χ0) is 14.5. The molecular weight excluding hydrogens is 260 g/mol. The summed E-state index contributed by atoms with van der Waals surface area (Å²) < 4.78 is 0. The van der Waals surface area contributed by atoms with Gasteiger partial charge in [-0.25, -0.2) is 9.97 Å². The summed E-state index contributed by atoms with van der Waals surface area (Å²) in [6.07, 6.45) is 5.47. The lowest BCUT2D eigenvalue weighted by atomic mass is 10.2. The summed E-state index contributed by atoms with van der Waals surface area (Å²) in [5.74, 6) is 1.59. The molecule has 0 aliphatic rings. The highest BCUT2D eigenvalue weighted by Gasteiger charge is 2.05. The van der Waals surface area contributed by atoms with E-state index >= 15 is 0 Å². The maximum Gasteiger partial charge on any atom is 0.161 e. The molecule has 0 amide bonds. The SMILES string of the molecule is Cc1cnc(-c2ccccc2)nc1NCc1cccnc1. The second-order valence-corrected chi connectivity index (χ2v) is 4.81.